The van der Waals surface area contributed by atoms with Crippen LogP contribution in [0.25, 0.3) is 16.6 Å². The van der Waals surface area contributed by atoms with E-state index in [1.54, 1.807) is 23.0 Å². The highest BCUT2D eigenvalue weighted by atomic mass is 32.2. The highest BCUT2D eigenvalue weighted by Gasteiger charge is 2.61. The predicted octanol–water partition coefficient (Wildman–Crippen LogP) is 4.38. The third kappa shape index (κ3) is 4.31. The molecule has 3 aromatic rings. The standard InChI is InChI=1S/C25H27F4N3O3S/c1-36(34,35)31-15-23-9-10-24(33,25(27,28)29)13-18(23)4-2-3-16-12-22-17(11-21(16)23)14-30-32(22)20-7-5-19(26)6-8-20/h5-8,11-12,14,18,31,33H,2-4,9-10,13,15H2,1H3/t18-,23+,24-/m1/s1. The van der Waals surface area contributed by atoms with Crippen molar-refractivity contribution in [1.82, 2.24) is 14.5 Å². The summed E-state index contributed by atoms with van der Waals surface area (Å²) in [7, 11) is -3.61. The molecule has 1 aromatic heterocycles. The maximum atomic E-state index is 13.8. The zero-order valence-electron chi connectivity index (χ0n) is 19.6. The fourth-order valence-corrected chi connectivity index (χ4v) is 6.55. The lowest BCUT2D eigenvalue weighted by molar-refractivity contribution is -0.279. The summed E-state index contributed by atoms with van der Waals surface area (Å²) in [6.45, 7) is -0.0466. The number of hydrogen-bond acceptors (Lipinski definition) is 4. The van der Waals surface area contributed by atoms with Crippen LogP contribution in [0.15, 0.2) is 42.6 Å². The lowest BCUT2D eigenvalue weighted by Gasteiger charge is -2.50. The minimum absolute atomic E-state index is 0.0131. The first-order valence-electron chi connectivity index (χ1n) is 11.8. The average Bonchev–Trinajstić information content (AvgIpc) is 3.13. The molecular weight excluding hydrogens is 498 g/mol. The molecule has 2 aliphatic carbocycles. The van der Waals surface area contributed by atoms with Gasteiger partial charge in [-0.1, -0.05) is 0 Å². The van der Waals surface area contributed by atoms with E-state index < -0.39 is 46.0 Å². The van der Waals surface area contributed by atoms with Gasteiger partial charge in [-0.15, -0.1) is 0 Å². The van der Waals surface area contributed by atoms with Gasteiger partial charge in [-0.3, -0.25) is 0 Å². The summed E-state index contributed by atoms with van der Waals surface area (Å²) < 4.78 is 83.1. The quantitative estimate of drug-likeness (QED) is 0.496. The number of aryl methyl sites for hydroxylation is 1. The Balaban J connectivity index is 1.64. The van der Waals surface area contributed by atoms with E-state index in [9.17, 15) is 31.1 Å². The summed E-state index contributed by atoms with van der Waals surface area (Å²) in [5.41, 5.74) is -0.544. The molecular formula is C25H27F4N3O3S. The largest absolute Gasteiger partial charge is 0.417 e. The summed E-state index contributed by atoms with van der Waals surface area (Å²) in [6.07, 6.45) is -1.46. The van der Waals surface area contributed by atoms with Crippen LogP contribution in [-0.2, 0) is 21.9 Å². The fraction of sp³-hybridized carbons (Fsp3) is 0.480. The second-order valence-corrected chi connectivity index (χ2v) is 12.0. The molecule has 1 saturated carbocycles. The van der Waals surface area contributed by atoms with Crippen molar-refractivity contribution in [1.29, 1.82) is 0 Å². The first kappa shape index (κ1) is 25.2. The summed E-state index contributed by atoms with van der Waals surface area (Å²) in [5, 5.41) is 15.7. The normalized spacial score (nSPS) is 26.9. The maximum absolute atomic E-state index is 13.8. The van der Waals surface area contributed by atoms with Crippen LogP contribution in [-0.4, -0.2) is 47.9 Å². The number of fused-ring (bicyclic) bond motifs is 4. The molecule has 0 unspecified atom stereocenters. The second kappa shape index (κ2) is 8.53. The van der Waals surface area contributed by atoms with Gasteiger partial charge in [-0.05, 0) is 92.0 Å². The third-order valence-electron chi connectivity index (χ3n) is 7.93. The summed E-state index contributed by atoms with van der Waals surface area (Å²) in [4.78, 5) is 0. The van der Waals surface area contributed by atoms with E-state index in [0.29, 0.717) is 24.9 Å². The Morgan fingerprint density at radius 1 is 1.19 bits per heavy atom. The molecule has 1 fully saturated rings. The van der Waals surface area contributed by atoms with Crippen molar-refractivity contribution in [3.63, 3.8) is 0 Å². The van der Waals surface area contributed by atoms with Crippen LogP contribution in [0.1, 0.15) is 43.2 Å². The number of benzene rings is 2. The first-order chi connectivity index (χ1) is 16.8. The molecule has 2 aliphatic rings. The number of hydrogen-bond donors (Lipinski definition) is 2. The minimum atomic E-state index is -4.77. The number of sulfonamides is 1. The van der Waals surface area contributed by atoms with Gasteiger partial charge in [0.2, 0.25) is 10.0 Å². The Morgan fingerprint density at radius 3 is 2.58 bits per heavy atom. The third-order valence-corrected chi connectivity index (χ3v) is 8.60. The molecule has 0 amide bonds. The topological polar surface area (TPSA) is 84.2 Å². The van der Waals surface area contributed by atoms with Gasteiger partial charge in [0, 0.05) is 17.3 Å². The SMILES string of the molecule is CS(=O)(=O)NC[C@@]12CC[C@](O)(C(F)(F)F)C[C@H]1CCCc1cc3c(cnn3-c3ccc(F)cc3)cc12. The lowest BCUT2D eigenvalue weighted by Crippen LogP contribution is -2.57. The number of aromatic nitrogens is 2. The molecule has 1 heterocycles. The van der Waals surface area contributed by atoms with Crippen LogP contribution in [0.4, 0.5) is 17.6 Å². The molecule has 0 aliphatic heterocycles. The fourth-order valence-electron chi connectivity index (χ4n) is 6.03. The molecule has 194 valence electrons. The molecule has 0 bridgehead atoms. The van der Waals surface area contributed by atoms with Gasteiger partial charge in [0.15, 0.2) is 5.60 Å². The monoisotopic (exact) mass is 525 g/mol. The molecule has 2 N–H and O–H groups in total. The number of nitrogens with one attached hydrogen (secondary N) is 1. The van der Waals surface area contributed by atoms with E-state index in [4.69, 9.17) is 0 Å². The lowest BCUT2D eigenvalue weighted by atomic mass is 9.58. The Kier molecular flexibility index (Phi) is 5.96. The van der Waals surface area contributed by atoms with Crippen molar-refractivity contribution in [2.45, 2.75) is 55.7 Å². The average molecular weight is 526 g/mol. The Morgan fingerprint density at radius 2 is 1.92 bits per heavy atom. The maximum Gasteiger partial charge on any atom is 0.417 e. The summed E-state index contributed by atoms with van der Waals surface area (Å²) in [6, 6.07) is 9.76. The number of halogens is 4. The Hall–Kier alpha value is -2.50. The summed E-state index contributed by atoms with van der Waals surface area (Å²) >= 11 is 0. The Labute approximate surface area is 206 Å². The van der Waals surface area contributed by atoms with Crippen molar-refractivity contribution < 1.29 is 31.1 Å². The number of rotatable bonds is 4. The van der Waals surface area contributed by atoms with Crippen LogP contribution in [0, 0.1) is 11.7 Å². The van der Waals surface area contributed by atoms with Crippen LogP contribution in [0.2, 0.25) is 0 Å². The first-order valence-corrected chi connectivity index (χ1v) is 13.7. The van der Waals surface area contributed by atoms with Gasteiger partial charge in [0.1, 0.15) is 5.82 Å². The van der Waals surface area contributed by atoms with Crippen LogP contribution >= 0.6 is 0 Å². The molecule has 6 nitrogen and oxygen atoms in total. The van der Waals surface area contributed by atoms with E-state index >= 15 is 0 Å². The molecule has 3 atom stereocenters. The van der Waals surface area contributed by atoms with Crippen molar-refractivity contribution in [2.24, 2.45) is 5.92 Å². The van der Waals surface area contributed by atoms with Crippen LogP contribution in [0.5, 0.6) is 0 Å². The van der Waals surface area contributed by atoms with E-state index in [0.717, 1.165) is 28.3 Å². The number of aliphatic hydroxyl groups is 1. The molecule has 11 heteroatoms. The number of nitrogens with zero attached hydrogens (tertiary/aromatic N) is 2. The number of alkyl halides is 3. The van der Waals surface area contributed by atoms with E-state index in [1.165, 1.54) is 12.1 Å². The zero-order chi connectivity index (χ0) is 25.9. The Bertz CT molecular complexity index is 1400. The van der Waals surface area contributed by atoms with Crippen molar-refractivity contribution in [2.75, 3.05) is 12.8 Å². The van der Waals surface area contributed by atoms with Gasteiger partial charge in [0.25, 0.3) is 0 Å². The van der Waals surface area contributed by atoms with Crippen LogP contribution < -0.4 is 4.72 Å². The van der Waals surface area contributed by atoms with Crippen molar-refractivity contribution >= 4 is 20.9 Å². The van der Waals surface area contributed by atoms with E-state index in [1.807, 2.05) is 12.1 Å². The summed E-state index contributed by atoms with van der Waals surface area (Å²) in [5.74, 6) is -0.940. The second-order valence-electron chi connectivity index (χ2n) is 10.2. The molecule has 36 heavy (non-hydrogen) atoms. The van der Waals surface area contributed by atoms with Gasteiger partial charge >= 0.3 is 6.18 Å². The van der Waals surface area contributed by atoms with E-state index in [2.05, 4.69) is 9.82 Å². The molecule has 0 radical (unpaired) electrons. The smallest absolute Gasteiger partial charge is 0.380 e. The molecule has 5 rings (SSSR count). The van der Waals surface area contributed by atoms with Crippen molar-refractivity contribution in [3.05, 3.63) is 59.5 Å². The predicted molar refractivity (Wildman–Crippen MR) is 127 cm³/mol. The van der Waals surface area contributed by atoms with Gasteiger partial charge in [0.05, 0.1) is 23.7 Å². The van der Waals surface area contributed by atoms with Gasteiger partial charge in [-0.25, -0.2) is 22.2 Å². The van der Waals surface area contributed by atoms with E-state index in [-0.39, 0.29) is 18.8 Å². The highest BCUT2D eigenvalue weighted by Crippen LogP contribution is 2.55. The molecule has 0 spiro atoms. The highest BCUT2D eigenvalue weighted by molar-refractivity contribution is 7.88. The van der Waals surface area contributed by atoms with Crippen LogP contribution in [0.3, 0.4) is 0 Å². The van der Waals surface area contributed by atoms with Crippen molar-refractivity contribution in [3.8, 4) is 5.69 Å². The molecule has 2 aromatic carbocycles. The minimum Gasteiger partial charge on any atom is -0.380 e. The molecule has 0 saturated heterocycles. The van der Waals surface area contributed by atoms with Gasteiger partial charge < -0.3 is 5.11 Å². The van der Waals surface area contributed by atoms with Gasteiger partial charge in [-0.2, -0.15) is 18.3 Å². The zero-order valence-corrected chi connectivity index (χ0v) is 20.5.